The molecule has 0 aliphatic heterocycles. The molecule has 3 aliphatic carbocycles. The highest BCUT2D eigenvalue weighted by Gasteiger charge is 2.47. The number of aliphatic carboxylic acids is 1. The zero-order valence-corrected chi connectivity index (χ0v) is 19.1. The van der Waals surface area contributed by atoms with Crippen molar-refractivity contribution >= 4 is 18.0 Å². The second-order valence-electron chi connectivity index (χ2n) is 9.90. The molecular weight excluding hydrogens is 432 g/mol. The molecule has 0 atom stereocenters. The van der Waals surface area contributed by atoms with Crippen LogP contribution in [0.1, 0.15) is 68.4 Å². The summed E-state index contributed by atoms with van der Waals surface area (Å²) in [5.41, 5.74) is 2.77. The normalized spacial score (nSPS) is 19.4. The number of hydrogen-bond acceptors (Lipinski definition) is 4. The van der Waals surface area contributed by atoms with E-state index in [2.05, 4.69) is 34.9 Å². The average Bonchev–Trinajstić information content (AvgIpc) is 3.37. The molecule has 0 radical (unpaired) electrons. The number of benzene rings is 2. The maximum absolute atomic E-state index is 12.9. The number of fused-ring (bicyclic) bond motifs is 3. The maximum atomic E-state index is 12.9. The fourth-order valence-electron chi connectivity index (χ4n) is 5.79. The monoisotopic (exact) mass is 462 g/mol. The van der Waals surface area contributed by atoms with E-state index in [4.69, 9.17) is 4.74 Å². The van der Waals surface area contributed by atoms with Crippen LogP contribution in [0, 0.1) is 0 Å². The largest absolute Gasteiger partial charge is 0.480 e. The van der Waals surface area contributed by atoms with Crippen molar-refractivity contribution < 1.29 is 24.2 Å². The Morgan fingerprint density at radius 1 is 0.853 bits per heavy atom. The van der Waals surface area contributed by atoms with E-state index >= 15 is 0 Å². The third-order valence-electron chi connectivity index (χ3n) is 7.77. The lowest BCUT2D eigenvalue weighted by molar-refractivity contribution is -0.152. The van der Waals surface area contributed by atoms with E-state index in [1.807, 2.05) is 24.3 Å². The van der Waals surface area contributed by atoms with Crippen molar-refractivity contribution in [3.05, 3.63) is 59.7 Å². The Morgan fingerprint density at radius 2 is 1.44 bits per heavy atom. The first-order valence-corrected chi connectivity index (χ1v) is 12.1. The fraction of sp³-hybridized carbons (Fsp3) is 0.444. The van der Waals surface area contributed by atoms with Gasteiger partial charge in [-0.05, 0) is 54.4 Å². The molecule has 7 heteroatoms. The summed E-state index contributed by atoms with van der Waals surface area (Å²) < 4.78 is 5.70. The Bertz CT molecular complexity index is 1070. The van der Waals surface area contributed by atoms with E-state index < -0.39 is 23.1 Å². The molecule has 0 saturated heterocycles. The summed E-state index contributed by atoms with van der Waals surface area (Å²) in [6, 6.07) is 16.3. The molecule has 2 aromatic carbocycles. The van der Waals surface area contributed by atoms with Gasteiger partial charge in [-0.15, -0.1) is 0 Å². The molecule has 0 spiro atoms. The van der Waals surface area contributed by atoms with Crippen LogP contribution >= 0.6 is 0 Å². The number of carbonyl (C=O) groups is 3. The number of rotatable bonds is 7. The van der Waals surface area contributed by atoms with Gasteiger partial charge in [0.25, 0.3) is 0 Å². The summed E-state index contributed by atoms with van der Waals surface area (Å²) in [4.78, 5) is 37.3. The summed E-state index contributed by atoms with van der Waals surface area (Å²) in [6.07, 6.45) is 4.36. The molecule has 3 aliphatic rings. The zero-order valence-electron chi connectivity index (χ0n) is 19.1. The number of hydrogen-bond donors (Lipinski definition) is 3. The van der Waals surface area contributed by atoms with E-state index in [0.717, 1.165) is 30.4 Å². The molecule has 2 aromatic rings. The average molecular weight is 463 g/mol. The molecule has 2 saturated carbocycles. The van der Waals surface area contributed by atoms with E-state index in [0.29, 0.717) is 25.7 Å². The van der Waals surface area contributed by atoms with Crippen molar-refractivity contribution in [3.8, 4) is 11.1 Å². The molecule has 0 aromatic heterocycles. The highest BCUT2D eigenvalue weighted by atomic mass is 16.5. The minimum atomic E-state index is -1.15. The number of nitrogens with one attached hydrogen (secondary N) is 2. The van der Waals surface area contributed by atoms with Gasteiger partial charge < -0.3 is 20.5 Å². The van der Waals surface area contributed by atoms with Gasteiger partial charge in [-0.1, -0.05) is 61.4 Å². The van der Waals surface area contributed by atoms with Gasteiger partial charge in [-0.3, -0.25) is 4.79 Å². The number of carboxylic acids is 1. The van der Waals surface area contributed by atoms with Gasteiger partial charge in [-0.25, -0.2) is 9.59 Å². The van der Waals surface area contributed by atoms with E-state index in [9.17, 15) is 19.5 Å². The molecule has 2 amide bonds. The number of alkyl carbamates (subject to hydrolysis) is 1. The lowest BCUT2D eigenvalue weighted by Crippen LogP contribution is -2.60. The Hall–Kier alpha value is -3.35. The Balaban J connectivity index is 1.23. The smallest absolute Gasteiger partial charge is 0.407 e. The number of amides is 2. The van der Waals surface area contributed by atoms with Gasteiger partial charge >= 0.3 is 12.1 Å². The topological polar surface area (TPSA) is 105 Å². The summed E-state index contributed by atoms with van der Waals surface area (Å²) in [5.74, 6) is -1.35. The first-order valence-electron chi connectivity index (χ1n) is 12.1. The van der Waals surface area contributed by atoms with Crippen LogP contribution in [0.15, 0.2) is 48.5 Å². The third-order valence-corrected chi connectivity index (χ3v) is 7.77. The lowest BCUT2D eigenvalue weighted by atomic mass is 9.76. The van der Waals surface area contributed by atoms with Crippen LogP contribution in [-0.4, -0.2) is 40.8 Å². The first-order chi connectivity index (χ1) is 16.4. The number of carbonyl (C=O) groups excluding carboxylic acids is 2. The molecule has 5 rings (SSSR count). The molecule has 3 N–H and O–H groups in total. The zero-order chi connectivity index (χ0) is 23.8. The quantitative estimate of drug-likeness (QED) is 0.567. The SMILES string of the molecule is O=C(CC1(NC(=O)OCC2c3ccccc3-c3ccccc32)CCCC1)NC1(C(=O)O)CCC1. The highest BCUT2D eigenvalue weighted by molar-refractivity contribution is 5.88. The fourth-order valence-corrected chi connectivity index (χ4v) is 5.79. The van der Waals surface area contributed by atoms with Crippen LogP contribution < -0.4 is 10.6 Å². The van der Waals surface area contributed by atoms with Crippen molar-refractivity contribution in [2.45, 2.75) is 68.4 Å². The summed E-state index contributed by atoms with van der Waals surface area (Å²) in [6.45, 7) is 0.213. The van der Waals surface area contributed by atoms with E-state index in [-0.39, 0.29) is 24.9 Å². The highest BCUT2D eigenvalue weighted by Crippen LogP contribution is 2.44. The van der Waals surface area contributed by atoms with Gasteiger partial charge in [0.1, 0.15) is 12.1 Å². The Kier molecular flexibility index (Phi) is 5.80. The molecule has 7 nitrogen and oxygen atoms in total. The van der Waals surface area contributed by atoms with Crippen LogP contribution in [0.5, 0.6) is 0 Å². The van der Waals surface area contributed by atoms with Crippen molar-refractivity contribution in [1.82, 2.24) is 10.6 Å². The predicted octanol–water partition coefficient (Wildman–Crippen LogP) is 4.35. The second-order valence-corrected chi connectivity index (χ2v) is 9.90. The minimum Gasteiger partial charge on any atom is -0.480 e. The standard InChI is InChI=1S/C27H30N2O5/c30-23(28-27(24(31)32)14-7-15-27)16-26(12-5-6-13-26)29-25(33)34-17-22-20-10-3-1-8-18(20)19-9-2-4-11-21(19)22/h1-4,8-11,22H,5-7,12-17H2,(H,28,30)(H,29,33)(H,31,32). The summed E-state index contributed by atoms with van der Waals surface area (Å²) in [5, 5.41) is 15.2. The minimum absolute atomic E-state index is 0.0324. The summed E-state index contributed by atoms with van der Waals surface area (Å²) >= 11 is 0. The molecule has 34 heavy (non-hydrogen) atoms. The first kappa shape index (κ1) is 22.4. The second kappa shape index (κ2) is 8.78. The van der Waals surface area contributed by atoms with Gasteiger partial charge in [0.2, 0.25) is 5.91 Å². The maximum Gasteiger partial charge on any atom is 0.407 e. The summed E-state index contributed by atoms with van der Waals surface area (Å²) in [7, 11) is 0. The van der Waals surface area contributed by atoms with E-state index in [1.165, 1.54) is 11.1 Å². The molecule has 0 unspecified atom stereocenters. The van der Waals surface area contributed by atoms with Gasteiger partial charge in [0.15, 0.2) is 0 Å². The number of carboxylic acid groups (broad SMARTS) is 1. The molecule has 0 heterocycles. The van der Waals surface area contributed by atoms with Crippen molar-refractivity contribution in [2.75, 3.05) is 6.61 Å². The van der Waals surface area contributed by atoms with Crippen molar-refractivity contribution in [2.24, 2.45) is 0 Å². The van der Waals surface area contributed by atoms with Crippen LogP contribution in [-0.2, 0) is 14.3 Å². The van der Waals surface area contributed by atoms with Crippen LogP contribution in [0.3, 0.4) is 0 Å². The van der Waals surface area contributed by atoms with Crippen LogP contribution in [0.2, 0.25) is 0 Å². The number of ether oxygens (including phenoxy) is 1. The van der Waals surface area contributed by atoms with E-state index in [1.54, 1.807) is 0 Å². The lowest BCUT2D eigenvalue weighted by Gasteiger charge is -2.39. The predicted molar refractivity (Wildman–Crippen MR) is 126 cm³/mol. The van der Waals surface area contributed by atoms with Crippen molar-refractivity contribution in [3.63, 3.8) is 0 Å². The van der Waals surface area contributed by atoms with Crippen LogP contribution in [0.4, 0.5) is 4.79 Å². The Morgan fingerprint density at radius 3 is 1.97 bits per heavy atom. The van der Waals surface area contributed by atoms with Gasteiger partial charge in [0.05, 0.1) is 5.54 Å². The Labute approximate surface area is 198 Å². The van der Waals surface area contributed by atoms with Crippen molar-refractivity contribution in [1.29, 1.82) is 0 Å². The van der Waals surface area contributed by atoms with Crippen LogP contribution in [0.25, 0.3) is 11.1 Å². The van der Waals surface area contributed by atoms with Gasteiger partial charge in [-0.2, -0.15) is 0 Å². The third kappa shape index (κ3) is 4.04. The molecule has 0 bridgehead atoms. The molecular formula is C27H30N2O5. The van der Waals surface area contributed by atoms with Gasteiger partial charge in [0, 0.05) is 12.3 Å². The molecule has 2 fully saturated rings. The molecule has 178 valence electrons.